The summed E-state index contributed by atoms with van der Waals surface area (Å²) in [5, 5.41) is 36.6. The van der Waals surface area contributed by atoms with E-state index in [0.717, 1.165) is 62.0 Å². The third kappa shape index (κ3) is 19.8. The molecule has 4 aliphatic rings. The minimum atomic E-state index is -2.92. The minimum absolute atomic E-state index is 0.0515. The van der Waals surface area contributed by atoms with E-state index < -0.39 is 93.2 Å². The summed E-state index contributed by atoms with van der Waals surface area (Å²) in [6.07, 6.45) is 0.905. The van der Waals surface area contributed by atoms with Crippen molar-refractivity contribution >= 4 is 101 Å². The fraction of sp³-hybridized carbons (Fsp3) is 0.404. The van der Waals surface area contributed by atoms with Gasteiger partial charge in [-0.2, -0.15) is 0 Å². The number of cyclic esters (lactones) is 2. The number of aryl methyl sites for hydroxylation is 2. The Bertz CT molecular complexity index is 5800. The summed E-state index contributed by atoms with van der Waals surface area (Å²) in [6.45, 7) is 36.8. The number of ether oxygens (including phenoxy) is 6. The number of carbonyl (C=O) groups is 7. The van der Waals surface area contributed by atoms with Crippen molar-refractivity contribution in [1.29, 1.82) is 0 Å². The zero-order valence-electron chi connectivity index (χ0n) is 75.6. The molecule has 0 saturated heterocycles. The first-order valence-corrected chi connectivity index (χ1v) is 46.7. The predicted octanol–water partition coefficient (Wildman–Crippen LogP) is 14.5. The number of aliphatic hydroxyl groups excluding tert-OH is 1. The molecule has 27 heteroatoms. The Morgan fingerprint density at radius 1 is 0.476 bits per heavy atom. The van der Waals surface area contributed by atoms with Crippen LogP contribution in [0.2, 0.25) is 10.1 Å². The molecule has 6 aromatic carbocycles. The highest BCUT2D eigenvalue weighted by Crippen LogP contribution is 2.47. The molecule has 0 fully saturated rings. The standard InChI is InChI=1S/C47H53N3O8Si.C38H38N2O5Si.C8H14O4.C6H12O3/c1-9-33-34-26-30(58-59(46(6,7)8,31-18-13-11-14-19-31)32-20-15-12-16-21-32)23-24-38(34)49-41-35(33)28-50-39(41)27-37-36(42(50)52)29-55-43(53)47(37,10-2)56-40(51)22-17-25-48-44(54)57-45(3,4)5;1-6-27-28-20-24(45-46(37(3,4)5,25-14-10-8-11-15-25)26-16-12-9-13-17-26)18-19-32(28)39-34-29(27)22-40-33(34)21-31-30(35(40)41)23-44-36(42)38(31,43)7-2;1-8(2,3)12-7(11)5-4-6(9)10;1-6(2,3)9-5(8)4-7/h11-16,18-21,23-24,26-27H,9-10,17,22,25,28-29H2,1-8H3,(H,48,54);8-21,43H,6-7,22-23H2,1-5H3;4-5H2,1-3H3,(H,9,10);7H,4H2,1-3H3/t47-;38-;;/m00../s1. The van der Waals surface area contributed by atoms with Crippen LogP contribution in [0.5, 0.6) is 11.5 Å². The molecule has 8 heterocycles. The number of nitrogens with zero attached hydrogens (tertiary/aromatic N) is 4. The van der Waals surface area contributed by atoms with Crippen molar-refractivity contribution < 1.29 is 86.2 Å². The van der Waals surface area contributed by atoms with Crippen molar-refractivity contribution in [3.63, 3.8) is 0 Å². The molecule has 14 rings (SSSR count). The van der Waals surface area contributed by atoms with E-state index >= 15 is 0 Å². The lowest BCUT2D eigenvalue weighted by Crippen LogP contribution is -2.68. The average molecular weight is 1750 g/mol. The number of aliphatic carboxylic acids is 1. The maximum absolute atomic E-state index is 14.3. The van der Waals surface area contributed by atoms with Gasteiger partial charge in [-0.1, -0.05) is 191 Å². The van der Waals surface area contributed by atoms with Crippen LogP contribution in [0.3, 0.4) is 0 Å². The van der Waals surface area contributed by atoms with Gasteiger partial charge in [0, 0.05) is 46.0 Å². The molecule has 4 aromatic heterocycles. The summed E-state index contributed by atoms with van der Waals surface area (Å²) in [5.41, 5.74) is 3.44. The molecule has 0 bridgehead atoms. The molecular formula is C99H117N5O20Si2. The van der Waals surface area contributed by atoms with E-state index in [1.807, 2.05) is 48.5 Å². The Morgan fingerprint density at radius 2 is 0.873 bits per heavy atom. The monoisotopic (exact) mass is 1750 g/mol. The van der Waals surface area contributed by atoms with E-state index in [9.17, 15) is 48.3 Å². The molecule has 1 amide bonds. The van der Waals surface area contributed by atoms with Gasteiger partial charge in [-0.25, -0.2) is 29.1 Å². The van der Waals surface area contributed by atoms with E-state index in [4.69, 9.17) is 57.5 Å². The van der Waals surface area contributed by atoms with Crippen molar-refractivity contribution in [2.75, 3.05) is 13.2 Å². The molecular weight excluding hydrogens is 1640 g/mol. The van der Waals surface area contributed by atoms with Gasteiger partial charge in [0.15, 0.2) is 5.60 Å². The smallest absolute Gasteiger partial charge is 0.407 e. The first-order valence-electron chi connectivity index (χ1n) is 42.9. The number of alkyl carbamates (subject to hydrolysis) is 1. The number of aliphatic hydroxyl groups is 2. The quantitative estimate of drug-likeness (QED) is 0.0225. The summed E-state index contributed by atoms with van der Waals surface area (Å²) in [5.74, 6) is -2.61. The van der Waals surface area contributed by atoms with E-state index in [0.29, 0.717) is 59.0 Å². The van der Waals surface area contributed by atoms with Crippen LogP contribution in [0.15, 0.2) is 179 Å². The summed E-state index contributed by atoms with van der Waals surface area (Å²) < 4.78 is 49.7. The molecule has 0 radical (unpaired) electrons. The number of carbonyl (C=O) groups excluding carboxylic acids is 6. The molecule has 0 saturated carbocycles. The van der Waals surface area contributed by atoms with Gasteiger partial charge in [0.2, 0.25) is 5.60 Å². The fourth-order valence-electron chi connectivity index (χ4n) is 17.0. The minimum Gasteiger partial charge on any atom is -0.534 e. The van der Waals surface area contributed by atoms with Crippen molar-refractivity contribution in [3.8, 4) is 34.3 Å². The van der Waals surface area contributed by atoms with Gasteiger partial charge in [0.05, 0.1) is 70.9 Å². The molecule has 0 spiro atoms. The summed E-state index contributed by atoms with van der Waals surface area (Å²) in [6, 6.07) is 57.9. The number of pyridine rings is 4. The van der Waals surface area contributed by atoms with Gasteiger partial charge in [-0.15, -0.1) is 0 Å². The topological polar surface area (TPSA) is 336 Å². The van der Waals surface area contributed by atoms with E-state index in [1.165, 1.54) is 20.7 Å². The number of amides is 1. The summed E-state index contributed by atoms with van der Waals surface area (Å²) in [7, 11) is -5.77. The number of carboxylic acid groups (broad SMARTS) is 1. The molecule has 666 valence electrons. The van der Waals surface area contributed by atoms with E-state index in [-0.39, 0.29) is 85.0 Å². The average Bonchev–Trinajstić information content (AvgIpc) is 1.54. The maximum Gasteiger partial charge on any atom is 0.407 e. The lowest BCUT2D eigenvalue weighted by molar-refractivity contribution is -0.189. The Balaban J connectivity index is 0.000000202. The van der Waals surface area contributed by atoms with Gasteiger partial charge in [-0.05, 0) is 185 Å². The molecule has 25 nitrogen and oxygen atoms in total. The highest BCUT2D eigenvalue weighted by atomic mass is 28.4. The second kappa shape index (κ2) is 37.7. The first-order chi connectivity index (χ1) is 59.3. The van der Waals surface area contributed by atoms with Crippen LogP contribution in [-0.4, -0.2) is 123 Å². The van der Waals surface area contributed by atoms with Crippen molar-refractivity contribution in [1.82, 2.24) is 24.4 Å². The van der Waals surface area contributed by atoms with Gasteiger partial charge >= 0.3 is 58.5 Å². The summed E-state index contributed by atoms with van der Waals surface area (Å²) >= 11 is 0. The van der Waals surface area contributed by atoms with Crippen LogP contribution >= 0.6 is 0 Å². The van der Waals surface area contributed by atoms with Crippen LogP contribution in [0.1, 0.15) is 215 Å². The number of aromatic nitrogens is 4. The lowest BCUT2D eigenvalue weighted by Gasteiger charge is -2.43. The summed E-state index contributed by atoms with van der Waals surface area (Å²) in [4.78, 5) is 121. The second-order valence-electron chi connectivity index (χ2n) is 36.8. The first kappa shape index (κ1) is 94.8. The van der Waals surface area contributed by atoms with Crippen LogP contribution in [0, 0.1) is 0 Å². The zero-order valence-corrected chi connectivity index (χ0v) is 77.6. The Kier molecular flexibility index (Phi) is 28.4. The Labute approximate surface area is 737 Å². The third-order valence-electron chi connectivity index (χ3n) is 22.6. The molecule has 0 aliphatic carbocycles. The third-order valence-corrected chi connectivity index (χ3v) is 32.5. The predicted molar refractivity (Wildman–Crippen MR) is 487 cm³/mol. The number of fused-ring (bicyclic) bond motifs is 10. The van der Waals surface area contributed by atoms with Crippen LogP contribution in [0.25, 0.3) is 44.6 Å². The van der Waals surface area contributed by atoms with Gasteiger partial charge < -0.3 is 67.0 Å². The zero-order chi connectivity index (χ0) is 92.0. The highest BCUT2D eigenvalue weighted by Gasteiger charge is 2.55. The second-order valence-corrected chi connectivity index (χ2v) is 45.3. The number of hydrogen-bond acceptors (Lipinski definition) is 21. The largest absolute Gasteiger partial charge is 0.534 e. The van der Waals surface area contributed by atoms with Gasteiger partial charge in [-0.3, -0.25) is 24.0 Å². The number of benzene rings is 6. The van der Waals surface area contributed by atoms with Crippen molar-refractivity contribution in [2.24, 2.45) is 0 Å². The number of carboxylic acids is 1. The van der Waals surface area contributed by atoms with Gasteiger partial charge in [0.1, 0.15) is 48.1 Å². The maximum atomic E-state index is 14.3. The number of rotatable bonds is 21. The van der Waals surface area contributed by atoms with Crippen molar-refractivity contribution in [3.05, 3.63) is 235 Å². The highest BCUT2D eigenvalue weighted by molar-refractivity contribution is 7.00. The molecule has 4 N–H and O–H groups in total. The molecule has 2 atom stereocenters. The van der Waals surface area contributed by atoms with Gasteiger partial charge in [0.25, 0.3) is 11.1 Å². The molecule has 0 unspecified atom stereocenters. The van der Waals surface area contributed by atoms with Crippen molar-refractivity contribution in [2.45, 2.75) is 247 Å². The molecule has 126 heavy (non-hydrogen) atoms. The number of hydrogen-bond donors (Lipinski definition) is 4. The fourth-order valence-corrected chi connectivity index (χ4v) is 25.8. The normalized spacial score (nSPS) is 15.7. The Morgan fingerprint density at radius 3 is 1.24 bits per heavy atom. The molecule has 4 aliphatic heterocycles. The lowest BCUT2D eigenvalue weighted by atomic mass is 9.85. The number of nitrogens with one attached hydrogen (secondary N) is 1. The van der Waals surface area contributed by atoms with Crippen LogP contribution in [-0.2, 0) is 108 Å². The van der Waals surface area contributed by atoms with Crippen LogP contribution in [0.4, 0.5) is 4.79 Å². The van der Waals surface area contributed by atoms with E-state index in [2.05, 4.69) is 170 Å². The number of esters is 5. The SMILES string of the molecule is CC(C)(C)OC(=O)CCC(=O)O.CC(C)(C)OC(=O)CO.CCc1c2c(nc3ccc(O[Si](c4ccccc4)(c4ccccc4)C(C)(C)C)cc13)-c1cc3c(c(=O)n1C2)COC(=O)[C@@]3(CC)OC(=O)CCCNC(=O)OC(C)(C)C.CCc1c2c(nc3ccc(O[Si](c4ccccc4)(c4ccccc4)C(C)(C)C)cc13)-c1cc3c(c(=O)n1C2)COC(=O)[C@]3(O)CC. The Hall–Kier alpha value is -11.9. The van der Waals surface area contributed by atoms with Crippen LogP contribution < -0.4 is 46.0 Å². The van der Waals surface area contributed by atoms with E-state index in [1.54, 1.807) is 97.4 Å². The molecule has 10 aromatic rings.